The van der Waals surface area contributed by atoms with Crippen LogP contribution in [0.1, 0.15) is 62.0 Å². The Hall–Kier alpha value is -3.93. The second kappa shape index (κ2) is 16.7. The molecule has 0 bridgehead atoms. The van der Waals surface area contributed by atoms with Crippen molar-refractivity contribution in [3.63, 3.8) is 0 Å². The van der Waals surface area contributed by atoms with E-state index in [1.807, 2.05) is 76.3 Å². The number of benzene rings is 2. The minimum Gasteiger partial charge on any atom is -0.507 e. The number of carbonyl (C=O) groups is 2. The van der Waals surface area contributed by atoms with E-state index in [1.54, 1.807) is 26.1 Å². The zero-order valence-corrected chi connectivity index (χ0v) is 23.0. The minimum atomic E-state index is -0.421. The molecule has 0 spiro atoms. The molecule has 0 heterocycles. The van der Waals surface area contributed by atoms with E-state index >= 15 is 0 Å². The number of rotatable bonds is 10. The molecule has 0 aliphatic rings. The van der Waals surface area contributed by atoms with Crippen LogP contribution in [-0.2, 0) is 16.0 Å². The molecule has 6 nitrogen and oxygen atoms in total. The smallest absolute Gasteiger partial charge is 0.262 e. The Balaban J connectivity index is 0.00000102. The molecule has 198 valence electrons. The molecule has 0 unspecified atom stereocenters. The predicted molar refractivity (Wildman–Crippen MR) is 153 cm³/mol. The van der Waals surface area contributed by atoms with Crippen molar-refractivity contribution in [1.82, 2.24) is 0 Å². The summed E-state index contributed by atoms with van der Waals surface area (Å²) in [6.45, 7) is 13.2. The average molecular weight is 505 g/mol. The van der Waals surface area contributed by atoms with E-state index in [0.717, 1.165) is 11.1 Å². The van der Waals surface area contributed by atoms with E-state index in [4.69, 9.17) is 4.74 Å². The lowest BCUT2D eigenvalue weighted by molar-refractivity contribution is -0.117. The third-order valence-corrected chi connectivity index (χ3v) is 5.41. The zero-order chi connectivity index (χ0) is 27.8. The van der Waals surface area contributed by atoms with Crippen LogP contribution >= 0.6 is 0 Å². The minimum absolute atomic E-state index is 0.104. The van der Waals surface area contributed by atoms with Crippen LogP contribution in [0.5, 0.6) is 5.75 Å². The molecule has 0 saturated heterocycles. The number of hydrogen-bond acceptors (Lipinski definition) is 5. The van der Waals surface area contributed by atoms with Gasteiger partial charge in [0.2, 0.25) is 0 Å². The van der Waals surface area contributed by atoms with E-state index in [9.17, 15) is 14.7 Å². The summed E-state index contributed by atoms with van der Waals surface area (Å²) in [7, 11) is 1.61. The molecule has 37 heavy (non-hydrogen) atoms. The lowest BCUT2D eigenvalue weighted by Gasteiger charge is -2.25. The quantitative estimate of drug-likeness (QED) is 0.164. The molecular weight excluding hydrogens is 464 g/mol. The van der Waals surface area contributed by atoms with Gasteiger partial charge in [-0.25, -0.2) is 0 Å². The summed E-state index contributed by atoms with van der Waals surface area (Å²) in [5.41, 5.74) is 2.60. The van der Waals surface area contributed by atoms with Crippen LogP contribution in [0.15, 0.2) is 84.1 Å². The van der Waals surface area contributed by atoms with Crippen LogP contribution in [0.3, 0.4) is 0 Å². The normalized spacial score (nSPS) is 11.2. The average Bonchev–Trinajstić information content (AvgIpc) is 2.89. The molecule has 1 amide bonds. The van der Waals surface area contributed by atoms with E-state index in [0.29, 0.717) is 30.2 Å². The Kier molecular flexibility index (Phi) is 14.0. The number of aliphatic imine (C=N–C) groups is 1. The Labute approximate surface area is 221 Å². The number of aromatic hydroxyl groups is 1. The lowest BCUT2D eigenvalue weighted by atomic mass is 10.1. The van der Waals surface area contributed by atoms with Crippen molar-refractivity contribution < 1.29 is 19.4 Å². The highest BCUT2D eigenvalue weighted by atomic mass is 16.5. The highest BCUT2D eigenvalue weighted by molar-refractivity contribution is 6.10. The third kappa shape index (κ3) is 10.7. The van der Waals surface area contributed by atoms with Crippen molar-refractivity contribution in [2.45, 2.75) is 53.9 Å². The molecule has 0 atom stereocenters. The number of aryl methyl sites for hydroxylation is 2. The summed E-state index contributed by atoms with van der Waals surface area (Å²) in [4.78, 5) is 31.5. The van der Waals surface area contributed by atoms with Gasteiger partial charge in [-0.15, -0.1) is 0 Å². The first-order valence-electron chi connectivity index (χ1n) is 12.4. The Morgan fingerprint density at radius 3 is 2.30 bits per heavy atom. The lowest BCUT2D eigenvalue weighted by Crippen LogP contribution is -2.36. The Morgan fingerprint density at radius 1 is 1.08 bits per heavy atom. The van der Waals surface area contributed by atoms with Gasteiger partial charge in [0.1, 0.15) is 5.75 Å². The van der Waals surface area contributed by atoms with E-state index < -0.39 is 5.91 Å². The van der Waals surface area contributed by atoms with Crippen LogP contribution < -0.4 is 4.90 Å². The molecular formula is C31H40N2O4. The predicted octanol–water partition coefficient (Wildman–Crippen LogP) is 6.98. The summed E-state index contributed by atoms with van der Waals surface area (Å²) in [6, 6.07) is 12.4. The van der Waals surface area contributed by atoms with Gasteiger partial charge in [0, 0.05) is 32.5 Å². The van der Waals surface area contributed by atoms with Gasteiger partial charge >= 0.3 is 0 Å². The second-order valence-corrected chi connectivity index (χ2v) is 8.37. The Bertz CT molecular complexity index is 1140. The van der Waals surface area contributed by atoms with Crippen molar-refractivity contribution in [2.75, 3.05) is 18.5 Å². The maximum Gasteiger partial charge on any atom is 0.262 e. The maximum absolute atomic E-state index is 13.4. The molecule has 6 heteroatoms. The van der Waals surface area contributed by atoms with Crippen LogP contribution in [0.4, 0.5) is 5.69 Å². The SMILES string of the molecule is C/C=C\C=C/C.C=C(CCC(=O)CN(C(=O)c1ccc(C)cc1O)c1ccccc1CC)OC(C)=NC. The van der Waals surface area contributed by atoms with Gasteiger partial charge in [-0.1, -0.05) is 62.1 Å². The first-order chi connectivity index (χ1) is 17.7. The summed E-state index contributed by atoms with van der Waals surface area (Å²) in [5, 5.41) is 10.3. The molecule has 1 N–H and O–H groups in total. The first-order valence-corrected chi connectivity index (χ1v) is 12.4. The number of allylic oxidation sites excluding steroid dienone is 5. The number of hydrogen-bond donors (Lipinski definition) is 1. The molecule has 0 saturated carbocycles. The van der Waals surface area contributed by atoms with Crippen LogP contribution in [0, 0.1) is 6.92 Å². The van der Waals surface area contributed by atoms with Crippen molar-refractivity contribution in [3.8, 4) is 5.75 Å². The fourth-order valence-corrected chi connectivity index (χ4v) is 3.37. The summed E-state index contributed by atoms with van der Waals surface area (Å²) in [5.74, 6) is 0.255. The summed E-state index contributed by atoms with van der Waals surface area (Å²) in [6.07, 6.45) is 9.21. The van der Waals surface area contributed by atoms with Crippen molar-refractivity contribution >= 4 is 23.3 Å². The van der Waals surface area contributed by atoms with E-state index in [-0.39, 0.29) is 30.1 Å². The summed E-state index contributed by atoms with van der Waals surface area (Å²) < 4.78 is 5.41. The Morgan fingerprint density at radius 2 is 1.73 bits per heavy atom. The number of amides is 1. The van der Waals surface area contributed by atoms with Gasteiger partial charge in [-0.2, -0.15) is 0 Å². The number of phenolic OH excluding ortho intramolecular Hbond substituents is 1. The fraction of sp³-hybridized carbons (Fsp3) is 0.323. The number of anilines is 1. The molecule has 0 fully saturated rings. The first kappa shape index (κ1) is 31.1. The molecule has 2 aromatic rings. The molecule has 2 aromatic carbocycles. The highest BCUT2D eigenvalue weighted by Crippen LogP contribution is 2.27. The number of carbonyl (C=O) groups excluding carboxylic acids is 2. The van der Waals surface area contributed by atoms with Gasteiger partial charge in [0.05, 0.1) is 17.9 Å². The van der Waals surface area contributed by atoms with Crippen molar-refractivity contribution in [1.29, 1.82) is 0 Å². The maximum atomic E-state index is 13.4. The number of nitrogens with zero attached hydrogens (tertiary/aromatic N) is 2. The van der Waals surface area contributed by atoms with Gasteiger partial charge < -0.3 is 14.7 Å². The van der Waals surface area contributed by atoms with Gasteiger partial charge in [0.25, 0.3) is 5.91 Å². The molecule has 0 aliphatic carbocycles. The third-order valence-electron chi connectivity index (χ3n) is 5.41. The van der Waals surface area contributed by atoms with E-state index in [2.05, 4.69) is 11.6 Å². The van der Waals surface area contributed by atoms with Gasteiger partial charge in [-0.05, 0) is 56.5 Å². The highest BCUT2D eigenvalue weighted by Gasteiger charge is 2.24. The monoisotopic (exact) mass is 504 g/mol. The molecule has 0 aliphatic heterocycles. The van der Waals surface area contributed by atoms with E-state index in [1.165, 1.54) is 11.0 Å². The topological polar surface area (TPSA) is 79.2 Å². The largest absolute Gasteiger partial charge is 0.507 e. The number of para-hydroxylation sites is 1. The summed E-state index contributed by atoms with van der Waals surface area (Å²) >= 11 is 0. The fourth-order valence-electron chi connectivity index (χ4n) is 3.37. The van der Waals surface area contributed by atoms with Gasteiger partial charge in [-0.3, -0.25) is 14.6 Å². The van der Waals surface area contributed by atoms with Crippen LogP contribution in [-0.4, -0.2) is 36.3 Å². The second-order valence-electron chi connectivity index (χ2n) is 8.37. The molecule has 0 aromatic heterocycles. The van der Waals surface area contributed by atoms with Gasteiger partial charge in [0.15, 0.2) is 11.7 Å². The molecule has 2 rings (SSSR count). The number of Topliss-reactive ketones (excluding diaryl/α,β-unsaturated/α-hetero) is 1. The van der Waals surface area contributed by atoms with Crippen molar-refractivity contribution in [3.05, 3.63) is 95.8 Å². The number of phenols is 1. The van der Waals surface area contributed by atoms with Crippen LogP contribution in [0.2, 0.25) is 0 Å². The number of ketones is 1. The zero-order valence-electron chi connectivity index (χ0n) is 23.0. The van der Waals surface area contributed by atoms with Crippen molar-refractivity contribution in [2.24, 2.45) is 4.99 Å². The number of ether oxygens (including phenoxy) is 1. The van der Waals surface area contributed by atoms with Crippen LogP contribution in [0.25, 0.3) is 0 Å². The standard InChI is InChI=1S/C25H30N2O4.C6H10/c1-6-20-9-7-8-10-23(20)27(25(30)22-14-11-17(2)15-24(22)29)16-21(28)13-12-18(3)31-19(4)26-5;1-3-5-6-4-2/h7-11,14-15,29H,3,6,12-13,16H2,1-2,4-5H3;3-6H,1-2H3/b;5-3-,6-4-. The molecule has 0 radical (unpaired) electrons.